The van der Waals surface area contributed by atoms with Gasteiger partial charge in [0.05, 0.1) is 16.7 Å². The first kappa shape index (κ1) is 21.3. The van der Waals surface area contributed by atoms with Gasteiger partial charge in [-0.3, -0.25) is 4.79 Å². The minimum absolute atomic E-state index is 0.0390. The summed E-state index contributed by atoms with van der Waals surface area (Å²) < 4.78 is 26.4. The van der Waals surface area contributed by atoms with Crippen LogP contribution in [0.15, 0.2) is 58.5 Å². The Hall–Kier alpha value is -3.04. The molecule has 0 aliphatic heterocycles. The van der Waals surface area contributed by atoms with Crippen molar-refractivity contribution in [1.82, 2.24) is 9.73 Å². The lowest BCUT2D eigenvalue weighted by molar-refractivity contribution is 0.0696. The van der Waals surface area contributed by atoms with Crippen LogP contribution >= 0.6 is 0 Å². The molecule has 0 atom stereocenters. The molecule has 0 saturated carbocycles. The summed E-state index contributed by atoms with van der Waals surface area (Å²) in [4.78, 5) is 23.1. The van der Waals surface area contributed by atoms with Gasteiger partial charge in [0.25, 0.3) is 5.91 Å². The molecule has 2 N–H and O–H groups in total. The number of nitrogens with one attached hydrogen (secondary N) is 1. The fraction of sp³-hybridized carbons (Fsp3) is 0.211. The summed E-state index contributed by atoms with van der Waals surface area (Å²) in [5, 5.41) is 12.7. The summed E-state index contributed by atoms with van der Waals surface area (Å²) in [5.74, 6) is -1.59. The number of hydrazone groups is 1. The van der Waals surface area contributed by atoms with Crippen molar-refractivity contribution < 1.29 is 23.1 Å². The van der Waals surface area contributed by atoms with Gasteiger partial charge < -0.3 is 5.11 Å². The first-order valence-electron chi connectivity index (χ1n) is 8.56. The van der Waals surface area contributed by atoms with Crippen LogP contribution in [0.1, 0.15) is 40.1 Å². The molecule has 2 aromatic rings. The highest BCUT2D eigenvalue weighted by Crippen LogP contribution is 2.17. The van der Waals surface area contributed by atoms with E-state index in [1.54, 1.807) is 26.0 Å². The van der Waals surface area contributed by atoms with Gasteiger partial charge in [-0.25, -0.2) is 18.6 Å². The molecule has 9 heteroatoms. The summed E-state index contributed by atoms with van der Waals surface area (Å²) >= 11 is 0. The predicted molar refractivity (Wildman–Crippen MR) is 105 cm³/mol. The second-order valence-electron chi connectivity index (χ2n) is 5.74. The molecule has 0 fully saturated rings. The molecule has 1 amide bonds. The highest BCUT2D eigenvalue weighted by molar-refractivity contribution is 7.89. The van der Waals surface area contributed by atoms with E-state index in [0.717, 1.165) is 0 Å². The van der Waals surface area contributed by atoms with Crippen molar-refractivity contribution >= 4 is 28.1 Å². The van der Waals surface area contributed by atoms with Gasteiger partial charge in [-0.1, -0.05) is 32.0 Å². The predicted octanol–water partition coefficient (Wildman–Crippen LogP) is 2.18. The smallest absolute Gasteiger partial charge is 0.335 e. The van der Waals surface area contributed by atoms with Crippen LogP contribution < -0.4 is 5.43 Å². The van der Waals surface area contributed by atoms with E-state index in [2.05, 4.69) is 10.5 Å². The largest absolute Gasteiger partial charge is 0.478 e. The number of benzene rings is 2. The minimum atomic E-state index is -3.66. The van der Waals surface area contributed by atoms with Crippen molar-refractivity contribution in [2.75, 3.05) is 13.1 Å². The van der Waals surface area contributed by atoms with Crippen LogP contribution in [0.4, 0.5) is 0 Å². The molecule has 0 aliphatic carbocycles. The Labute approximate surface area is 163 Å². The van der Waals surface area contributed by atoms with Crippen molar-refractivity contribution in [3.63, 3.8) is 0 Å². The van der Waals surface area contributed by atoms with Gasteiger partial charge in [0.1, 0.15) is 0 Å². The van der Waals surface area contributed by atoms with Crippen LogP contribution in [0, 0.1) is 0 Å². The van der Waals surface area contributed by atoms with Crippen LogP contribution in [-0.2, 0) is 10.0 Å². The van der Waals surface area contributed by atoms with Crippen LogP contribution in [0.5, 0.6) is 0 Å². The molecule has 28 heavy (non-hydrogen) atoms. The van der Waals surface area contributed by atoms with Crippen LogP contribution in [-0.4, -0.2) is 49.0 Å². The number of hydrogen-bond acceptors (Lipinski definition) is 5. The molecule has 8 nitrogen and oxygen atoms in total. The molecular weight excluding hydrogens is 382 g/mol. The first-order chi connectivity index (χ1) is 13.3. The Morgan fingerprint density at radius 1 is 1.07 bits per heavy atom. The maximum atomic E-state index is 12.6. The highest BCUT2D eigenvalue weighted by Gasteiger charge is 2.22. The quantitative estimate of drug-likeness (QED) is 0.518. The molecular formula is C19H21N3O5S. The van der Waals surface area contributed by atoms with Gasteiger partial charge in [-0.2, -0.15) is 9.41 Å². The van der Waals surface area contributed by atoms with Gasteiger partial charge in [-0.05, 0) is 35.9 Å². The van der Waals surface area contributed by atoms with Gasteiger partial charge in [0.15, 0.2) is 0 Å². The van der Waals surface area contributed by atoms with Crippen LogP contribution in [0.3, 0.4) is 0 Å². The van der Waals surface area contributed by atoms with Crippen molar-refractivity contribution in [2.24, 2.45) is 5.10 Å². The molecule has 2 rings (SSSR count). The van der Waals surface area contributed by atoms with E-state index in [9.17, 15) is 18.0 Å². The average Bonchev–Trinajstić information content (AvgIpc) is 2.69. The topological polar surface area (TPSA) is 116 Å². The molecule has 0 aromatic heterocycles. The van der Waals surface area contributed by atoms with E-state index in [1.165, 1.54) is 46.9 Å². The molecule has 0 heterocycles. The SMILES string of the molecule is CCN(CC)S(=O)(=O)c1cccc(C(=O)N/N=C/c2ccc(C(=O)O)cc2)c1. The maximum absolute atomic E-state index is 12.6. The van der Waals surface area contributed by atoms with E-state index < -0.39 is 21.9 Å². The van der Waals surface area contributed by atoms with Gasteiger partial charge in [-0.15, -0.1) is 0 Å². The van der Waals surface area contributed by atoms with E-state index in [0.29, 0.717) is 18.7 Å². The zero-order valence-electron chi connectivity index (χ0n) is 15.5. The molecule has 0 aliphatic rings. The molecule has 0 radical (unpaired) electrons. The number of rotatable bonds is 8. The number of carbonyl (C=O) groups excluding carboxylic acids is 1. The van der Waals surface area contributed by atoms with Crippen molar-refractivity contribution in [1.29, 1.82) is 0 Å². The third kappa shape index (κ3) is 5.02. The molecule has 2 aromatic carbocycles. The summed E-state index contributed by atoms with van der Waals surface area (Å²) in [6.45, 7) is 4.16. The molecule has 0 saturated heterocycles. The van der Waals surface area contributed by atoms with Gasteiger partial charge in [0, 0.05) is 18.7 Å². The second-order valence-corrected chi connectivity index (χ2v) is 7.68. The van der Waals surface area contributed by atoms with E-state index in [4.69, 9.17) is 5.11 Å². The Morgan fingerprint density at radius 2 is 1.71 bits per heavy atom. The molecule has 0 bridgehead atoms. The zero-order chi connectivity index (χ0) is 20.7. The summed E-state index contributed by atoms with van der Waals surface area (Å²) in [6, 6.07) is 11.7. The number of nitrogens with zero attached hydrogens (tertiary/aromatic N) is 2. The van der Waals surface area contributed by atoms with Crippen LogP contribution in [0.25, 0.3) is 0 Å². The number of amides is 1. The zero-order valence-corrected chi connectivity index (χ0v) is 16.3. The monoisotopic (exact) mass is 403 g/mol. The fourth-order valence-electron chi connectivity index (χ4n) is 2.45. The molecule has 0 unspecified atom stereocenters. The second kappa shape index (κ2) is 9.25. The van der Waals surface area contributed by atoms with E-state index in [-0.39, 0.29) is 16.0 Å². The van der Waals surface area contributed by atoms with Crippen molar-refractivity contribution in [3.8, 4) is 0 Å². The number of aromatic carboxylic acids is 1. The lowest BCUT2D eigenvalue weighted by Gasteiger charge is -2.18. The Balaban J connectivity index is 2.11. The number of carbonyl (C=O) groups is 2. The maximum Gasteiger partial charge on any atom is 0.335 e. The van der Waals surface area contributed by atoms with Gasteiger partial charge >= 0.3 is 5.97 Å². The molecule has 148 valence electrons. The average molecular weight is 403 g/mol. The first-order valence-corrected chi connectivity index (χ1v) is 10.0. The van der Waals surface area contributed by atoms with Crippen molar-refractivity contribution in [2.45, 2.75) is 18.7 Å². The number of carboxylic acid groups (broad SMARTS) is 1. The number of hydrogen-bond donors (Lipinski definition) is 2. The Bertz CT molecular complexity index is 981. The Morgan fingerprint density at radius 3 is 2.29 bits per heavy atom. The van der Waals surface area contributed by atoms with E-state index in [1.807, 2.05) is 0 Å². The third-order valence-electron chi connectivity index (χ3n) is 3.98. The summed E-state index contributed by atoms with van der Waals surface area (Å²) in [7, 11) is -3.66. The van der Waals surface area contributed by atoms with Crippen LogP contribution in [0.2, 0.25) is 0 Å². The minimum Gasteiger partial charge on any atom is -0.478 e. The molecule has 0 spiro atoms. The highest BCUT2D eigenvalue weighted by atomic mass is 32.2. The summed E-state index contributed by atoms with van der Waals surface area (Å²) in [6.07, 6.45) is 1.36. The van der Waals surface area contributed by atoms with E-state index >= 15 is 0 Å². The lowest BCUT2D eigenvalue weighted by atomic mass is 10.1. The standard InChI is InChI=1S/C19H21N3O5S/c1-3-22(4-2)28(26,27)17-7-5-6-16(12-17)18(23)21-20-13-14-8-10-15(11-9-14)19(24)25/h5-13H,3-4H2,1-2H3,(H,21,23)(H,24,25)/b20-13+. The number of sulfonamides is 1. The fourth-order valence-corrected chi connectivity index (χ4v) is 3.96. The number of carboxylic acids is 1. The lowest BCUT2D eigenvalue weighted by Crippen LogP contribution is -2.30. The third-order valence-corrected chi connectivity index (χ3v) is 6.02. The van der Waals surface area contributed by atoms with Gasteiger partial charge in [0.2, 0.25) is 10.0 Å². The normalized spacial score (nSPS) is 11.7. The summed E-state index contributed by atoms with van der Waals surface area (Å²) in [5.41, 5.74) is 3.23. The van der Waals surface area contributed by atoms with Crippen molar-refractivity contribution in [3.05, 3.63) is 65.2 Å². The Kier molecular flexibility index (Phi) is 7.02.